The highest BCUT2D eigenvalue weighted by atomic mass is 16.5. The highest BCUT2D eigenvalue weighted by Gasteiger charge is 2.31. The first-order chi connectivity index (χ1) is 17.7. The lowest BCUT2D eigenvalue weighted by atomic mass is 9.87. The smallest absolute Gasteiger partial charge is 0.306 e. The second kappa shape index (κ2) is 11.6. The second-order valence-electron chi connectivity index (χ2n) is 8.37. The number of phenolic OH excluding ortho intramolecular Hbond substituents is 2. The zero-order valence-corrected chi connectivity index (χ0v) is 21.4. The number of esters is 1. The molecule has 0 aliphatic carbocycles. The number of benzene rings is 2. The topological polar surface area (TPSA) is 137 Å². The van der Waals surface area contributed by atoms with Crippen LogP contribution in [0.1, 0.15) is 34.7 Å². The van der Waals surface area contributed by atoms with E-state index in [9.17, 15) is 24.9 Å². The fraction of sp³-hybridized carbons (Fsp3) is 0.333. The van der Waals surface area contributed by atoms with E-state index in [-0.39, 0.29) is 47.3 Å². The summed E-state index contributed by atoms with van der Waals surface area (Å²) in [6.45, 7) is 1.90. The minimum atomic E-state index is -0.931. The van der Waals surface area contributed by atoms with E-state index < -0.39 is 17.4 Å². The Balaban J connectivity index is 2.16. The number of aryl methyl sites for hydroxylation is 2. The lowest BCUT2D eigenvalue weighted by molar-refractivity contribution is -0.140. The summed E-state index contributed by atoms with van der Waals surface area (Å²) in [5, 5.41) is 30.3. The highest BCUT2D eigenvalue weighted by Crippen LogP contribution is 2.46. The van der Waals surface area contributed by atoms with Crippen LogP contribution in [0.5, 0.6) is 34.5 Å². The normalized spacial score (nSPS) is 11.6. The maximum atomic E-state index is 13.8. The van der Waals surface area contributed by atoms with Crippen LogP contribution in [0.15, 0.2) is 41.2 Å². The van der Waals surface area contributed by atoms with Crippen molar-refractivity contribution < 1.29 is 39.1 Å². The van der Waals surface area contributed by atoms with Crippen LogP contribution in [0.4, 0.5) is 0 Å². The van der Waals surface area contributed by atoms with Crippen LogP contribution in [-0.4, -0.2) is 54.3 Å². The van der Waals surface area contributed by atoms with Gasteiger partial charge >= 0.3 is 5.97 Å². The Hall–Kier alpha value is -4.34. The van der Waals surface area contributed by atoms with Gasteiger partial charge in [0.25, 0.3) is 5.56 Å². The van der Waals surface area contributed by atoms with E-state index in [1.54, 1.807) is 25.1 Å². The molecule has 0 saturated carbocycles. The molecule has 2 aromatic carbocycles. The summed E-state index contributed by atoms with van der Waals surface area (Å²) >= 11 is 0. The van der Waals surface area contributed by atoms with Gasteiger partial charge in [-0.25, -0.2) is 0 Å². The van der Waals surface area contributed by atoms with E-state index in [0.29, 0.717) is 29.0 Å². The number of pyridine rings is 1. The van der Waals surface area contributed by atoms with E-state index in [0.717, 1.165) is 0 Å². The van der Waals surface area contributed by atoms with Crippen molar-refractivity contribution in [3.05, 3.63) is 69.1 Å². The Kier molecular flexibility index (Phi) is 8.54. The Morgan fingerprint density at radius 3 is 2.19 bits per heavy atom. The van der Waals surface area contributed by atoms with E-state index in [2.05, 4.69) is 0 Å². The number of phenols is 2. The van der Waals surface area contributed by atoms with Crippen LogP contribution >= 0.6 is 0 Å². The quantitative estimate of drug-likeness (QED) is 0.276. The molecule has 10 heteroatoms. The third-order valence-electron chi connectivity index (χ3n) is 6.24. The van der Waals surface area contributed by atoms with Crippen molar-refractivity contribution in [2.75, 3.05) is 28.4 Å². The zero-order chi connectivity index (χ0) is 27.3. The number of nitrogens with zero attached hydrogens (tertiary/aromatic N) is 1. The summed E-state index contributed by atoms with van der Waals surface area (Å²) in [7, 11) is 5.58. The Labute approximate surface area is 214 Å². The first-order valence-electron chi connectivity index (χ1n) is 11.5. The van der Waals surface area contributed by atoms with Gasteiger partial charge in [0, 0.05) is 23.7 Å². The van der Waals surface area contributed by atoms with Crippen LogP contribution in [0, 0.1) is 6.92 Å². The van der Waals surface area contributed by atoms with Crippen LogP contribution in [0.25, 0.3) is 0 Å². The number of hydrogen-bond acceptors (Lipinski definition) is 9. The lowest BCUT2D eigenvalue weighted by Gasteiger charge is -2.23. The molecule has 3 aromatic rings. The molecule has 3 rings (SSSR count). The first kappa shape index (κ1) is 27.3. The number of rotatable bonds is 10. The number of carbonyl (C=O) groups is 1. The summed E-state index contributed by atoms with van der Waals surface area (Å²) in [5.41, 5.74) is 1.13. The molecule has 0 spiro atoms. The minimum Gasteiger partial charge on any atom is -0.507 e. The zero-order valence-electron chi connectivity index (χ0n) is 21.4. The van der Waals surface area contributed by atoms with Gasteiger partial charge in [-0.15, -0.1) is 0 Å². The molecule has 0 aliphatic rings. The highest BCUT2D eigenvalue weighted by molar-refractivity contribution is 5.72. The number of methoxy groups -OCH3 is 4. The van der Waals surface area contributed by atoms with Crippen molar-refractivity contribution in [1.82, 2.24) is 4.57 Å². The molecule has 1 aromatic heterocycles. The molecule has 10 nitrogen and oxygen atoms in total. The predicted molar refractivity (Wildman–Crippen MR) is 135 cm³/mol. The molecular weight excluding hydrogens is 482 g/mol. The molecule has 3 N–H and O–H groups in total. The molecule has 0 bridgehead atoms. The molecule has 1 heterocycles. The maximum absolute atomic E-state index is 13.8. The SMILES string of the molecule is COC(=O)C[C@H](c1ccc(OC)c(OC)c1OC)c1c(O)cc(C)n(CCc2ccc(O)c(O)c2)c1=O. The van der Waals surface area contributed by atoms with E-state index in [1.165, 1.54) is 51.2 Å². The minimum absolute atomic E-state index is 0.00456. The monoisotopic (exact) mass is 513 g/mol. The number of aromatic nitrogens is 1. The Morgan fingerprint density at radius 1 is 0.892 bits per heavy atom. The van der Waals surface area contributed by atoms with Gasteiger partial charge in [0.1, 0.15) is 5.75 Å². The Bertz CT molecular complexity index is 1350. The maximum Gasteiger partial charge on any atom is 0.306 e. The average molecular weight is 514 g/mol. The third kappa shape index (κ3) is 5.58. The first-order valence-corrected chi connectivity index (χ1v) is 11.5. The van der Waals surface area contributed by atoms with Gasteiger partial charge in [-0.1, -0.05) is 12.1 Å². The summed E-state index contributed by atoms with van der Waals surface area (Å²) in [6.07, 6.45) is 0.111. The molecule has 0 amide bonds. The average Bonchev–Trinajstić information content (AvgIpc) is 2.88. The van der Waals surface area contributed by atoms with Crippen LogP contribution in [0.2, 0.25) is 0 Å². The van der Waals surface area contributed by atoms with Crippen LogP contribution in [-0.2, 0) is 22.5 Å². The van der Waals surface area contributed by atoms with E-state index in [1.807, 2.05) is 0 Å². The molecule has 0 saturated heterocycles. The summed E-state index contributed by atoms with van der Waals surface area (Å²) in [6, 6.07) is 9.18. The summed E-state index contributed by atoms with van der Waals surface area (Å²) < 4.78 is 22.8. The summed E-state index contributed by atoms with van der Waals surface area (Å²) in [4.78, 5) is 26.2. The Morgan fingerprint density at radius 2 is 1.59 bits per heavy atom. The van der Waals surface area contributed by atoms with Crippen molar-refractivity contribution in [3.8, 4) is 34.5 Å². The van der Waals surface area contributed by atoms with Gasteiger partial charge in [0.05, 0.1) is 40.4 Å². The molecule has 198 valence electrons. The van der Waals surface area contributed by atoms with Gasteiger partial charge in [-0.05, 0) is 43.2 Å². The third-order valence-corrected chi connectivity index (χ3v) is 6.24. The molecule has 0 aliphatic heterocycles. The fourth-order valence-corrected chi connectivity index (χ4v) is 4.36. The van der Waals surface area contributed by atoms with Crippen LogP contribution < -0.4 is 19.8 Å². The van der Waals surface area contributed by atoms with E-state index >= 15 is 0 Å². The van der Waals surface area contributed by atoms with Crippen molar-refractivity contribution in [2.24, 2.45) is 0 Å². The van der Waals surface area contributed by atoms with Crippen molar-refractivity contribution >= 4 is 5.97 Å². The summed E-state index contributed by atoms with van der Waals surface area (Å²) in [5.74, 6) is -1.37. The van der Waals surface area contributed by atoms with Crippen LogP contribution in [0.3, 0.4) is 0 Å². The molecule has 0 radical (unpaired) electrons. The molecule has 1 atom stereocenters. The van der Waals surface area contributed by atoms with Gasteiger partial charge < -0.3 is 38.8 Å². The fourth-order valence-electron chi connectivity index (χ4n) is 4.36. The molecular formula is C27H31NO9. The number of carbonyl (C=O) groups excluding carboxylic acids is 1. The molecule has 0 unspecified atom stereocenters. The largest absolute Gasteiger partial charge is 0.507 e. The van der Waals surface area contributed by atoms with Gasteiger partial charge in [0.15, 0.2) is 23.0 Å². The number of hydrogen-bond donors (Lipinski definition) is 3. The molecule has 0 fully saturated rings. The van der Waals surface area contributed by atoms with E-state index in [4.69, 9.17) is 18.9 Å². The van der Waals surface area contributed by atoms with Crippen molar-refractivity contribution in [1.29, 1.82) is 0 Å². The predicted octanol–water partition coefficient (Wildman–Crippen LogP) is 3.24. The van der Waals surface area contributed by atoms with Gasteiger partial charge in [-0.2, -0.15) is 0 Å². The standard InChI is InChI=1S/C27H31NO9/c1-15-12-21(31)24(27(33)28(15)11-10-16-6-8-19(29)20(30)13-16)18(14-23(32)35-3)17-7-9-22(34-2)26(37-5)25(17)36-4/h6-9,12-13,18,29-31H,10-11,14H2,1-5H3/t18-/m1/s1. The van der Waals surface area contributed by atoms with Crippen molar-refractivity contribution in [2.45, 2.75) is 32.2 Å². The van der Waals surface area contributed by atoms with Crippen molar-refractivity contribution in [3.63, 3.8) is 0 Å². The molecule has 37 heavy (non-hydrogen) atoms. The number of aromatic hydroxyl groups is 3. The second-order valence-corrected chi connectivity index (χ2v) is 8.37. The van der Waals surface area contributed by atoms with Gasteiger partial charge in [0.2, 0.25) is 5.75 Å². The lowest BCUT2D eigenvalue weighted by Crippen LogP contribution is -2.29. The van der Waals surface area contributed by atoms with Gasteiger partial charge in [-0.3, -0.25) is 9.59 Å². The number of ether oxygens (including phenoxy) is 4.